The Balaban J connectivity index is 1.81. The first kappa shape index (κ1) is 20.5. The summed E-state index contributed by atoms with van der Waals surface area (Å²) in [6.45, 7) is 1.05. The first-order valence-electron chi connectivity index (χ1n) is 8.11. The van der Waals surface area contributed by atoms with E-state index in [-0.39, 0.29) is 28.5 Å². The second-order valence-corrected chi connectivity index (χ2v) is 9.78. The van der Waals surface area contributed by atoms with E-state index in [1.165, 1.54) is 35.7 Å². The molecule has 0 atom stereocenters. The Morgan fingerprint density at radius 2 is 1.89 bits per heavy atom. The number of methoxy groups -OCH3 is 1. The van der Waals surface area contributed by atoms with Gasteiger partial charge in [-0.2, -0.15) is 4.31 Å². The lowest BCUT2D eigenvalue weighted by molar-refractivity contribution is -0.384. The Labute approximate surface area is 170 Å². The quantitative estimate of drug-likeness (QED) is 0.395. The second-order valence-electron chi connectivity index (χ2n) is 5.90. The average Bonchev–Trinajstić information content (AvgIpc) is 3.14. The molecular weight excluding hydrogens is 430 g/mol. The Bertz CT molecular complexity index is 1020. The SMILES string of the molecule is COC(=O)c1cc([N+](=O)[O-])ccc1N1CCN(S(=O)(=O)c2ccc(Cl)s2)CC1. The van der Waals surface area contributed by atoms with Crippen LogP contribution in [-0.4, -0.2) is 56.9 Å². The number of rotatable bonds is 5. The number of esters is 1. The fourth-order valence-electron chi connectivity index (χ4n) is 2.92. The van der Waals surface area contributed by atoms with Gasteiger partial charge >= 0.3 is 5.97 Å². The smallest absolute Gasteiger partial charge is 0.340 e. The van der Waals surface area contributed by atoms with Gasteiger partial charge in [0.15, 0.2) is 0 Å². The molecule has 2 heterocycles. The zero-order valence-corrected chi connectivity index (χ0v) is 17.1. The number of nitro benzene ring substituents is 1. The summed E-state index contributed by atoms with van der Waals surface area (Å²) in [6, 6.07) is 6.96. The van der Waals surface area contributed by atoms with Crippen molar-refractivity contribution < 1.29 is 22.9 Å². The monoisotopic (exact) mass is 445 g/mol. The highest BCUT2D eigenvalue weighted by Crippen LogP contribution is 2.31. The van der Waals surface area contributed by atoms with E-state index in [0.29, 0.717) is 23.1 Å². The molecule has 0 unspecified atom stereocenters. The van der Waals surface area contributed by atoms with Crippen LogP contribution in [0.3, 0.4) is 0 Å². The number of hydrogen-bond acceptors (Lipinski definition) is 8. The van der Waals surface area contributed by atoms with E-state index in [9.17, 15) is 23.3 Å². The zero-order chi connectivity index (χ0) is 20.5. The summed E-state index contributed by atoms with van der Waals surface area (Å²) in [5.41, 5.74) is 0.312. The van der Waals surface area contributed by atoms with Gasteiger partial charge in [-0.3, -0.25) is 10.1 Å². The topological polar surface area (TPSA) is 110 Å². The summed E-state index contributed by atoms with van der Waals surface area (Å²) >= 11 is 6.84. The fourth-order valence-corrected chi connectivity index (χ4v) is 5.98. The molecule has 150 valence electrons. The number of thiophene rings is 1. The van der Waals surface area contributed by atoms with Crippen molar-refractivity contribution in [2.75, 3.05) is 38.2 Å². The number of benzene rings is 1. The third-order valence-corrected chi connectivity index (χ3v) is 7.92. The van der Waals surface area contributed by atoms with Crippen molar-refractivity contribution in [3.63, 3.8) is 0 Å². The Morgan fingerprint density at radius 3 is 2.43 bits per heavy atom. The van der Waals surface area contributed by atoms with Gasteiger partial charge in [-0.25, -0.2) is 13.2 Å². The lowest BCUT2D eigenvalue weighted by Crippen LogP contribution is -2.48. The van der Waals surface area contributed by atoms with Crippen LogP contribution in [0.5, 0.6) is 0 Å². The van der Waals surface area contributed by atoms with Crippen molar-refractivity contribution in [3.8, 4) is 0 Å². The van der Waals surface area contributed by atoms with Gasteiger partial charge in [0.1, 0.15) is 4.21 Å². The minimum absolute atomic E-state index is 0.0676. The highest BCUT2D eigenvalue weighted by atomic mass is 35.5. The molecule has 1 aliphatic heterocycles. The van der Waals surface area contributed by atoms with Crippen molar-refractivity contribution in [1.29, 1.82) is 0 Å². The number of piperazine rings is 1. The predicted octanol–water partition coefficient (Wildman–Crippen LogP) is 2.61. The Morgan fingerprint density at radius 1 is 1.21 bits per heavy atom. The van der Waals surface area contributed by atoms with Gasteiger partial charge < -0.3 is 9.64 Å². The molecule has 0 aliphatic carbocycles. The maximum Gasteiger partial charge on any atom is 0.340 e. The number of carbonyl (C=O) groups is 1. The number of nitro groups is 1. The van der Waals surface area contributed by atoms with Crippen LogP contribution in [0.2, 0.25) is 4.34 Å². The summed E-state index contributed by atoms with van der Waals surface area (Å²) in [5.74, 6) is -0.693. The van der Waals surface area contributed by atoms with Gasteiger partial charge in [-0.1, -0.05) is 11.6 Å². The molecule has 0 saturated carbocycles. The molecule has 28 heavy (non-hydrogen) atoms. The molecule has 12 heteroatoms. The molecule has 0 N–H and O–H groups in total. The van der Waals surface area contributed by atoms with Gasteiger partial charge in [0, 0.05) is 38.3 Å². The molecule has 0 amide bonds. The second kappa shape index (κ2) is 8.03. The molecule has 1 aromatic heterocycles. The Hall–Kier alpha value is -2.21. The fraction of sp³-hybridized carbons (Fsp3) is 0.312. The van der Waals surface area contributed by atoms with Gasteiger partial charge in [0.2, 0.25) is 0 Å². The van der Waals surface area contributed by atoms with E-state index in [2.05, 4.69) is 0 Å². The van der Waals surface area contributed by atoms with Crippen LogP contribution in [0.15, 0.2) is 34.5 Å². The summed E-state index contributed by atoms with van der Waals surface area (Å²) in [4.78, 5) is 24.3. The third-order valence-electron chi connectivity index (χ3n) is 4.32. The van der Waals surface area contributed by atoms with Crippen LogP contribution < -0.4 is 4.90 Å². The van der Waals surface area contributed by atoms with E-state index < -0.39 is 20.9 Å². The predicted molar refractivity (Wildman–Crippen MR) is 105 cm³/mol. The van der Waals surface area contributed by atoms with E-state index in [1.54, 1.807) is 0 Å². The molecule has 0 radical (unpaired) electrons. The van der Waals surface area contributed by atoms with E-state index in [0.717, 1.165) is 17.4 Å². The molecule has 0 bridgehead atoms. The zero-order valence-electron chi connectivity index (χ0n) is 14.7. The maximum atomic E-state index is 12.7. The number of sulfonamides is 1. The first-order valence-corrected chi connectivity index (χ1v) is 10.7. The highest BCUT2D eigenvalue weighted by Gasteiger charge is 2.31. The molecule has 1 aromatic carbocycles. The van der Waals surface area contributed by atoms with Crippen molar-refractivity contribution in [2.24, 2.45) is 0 Å². The standard InChI is InChI=1S/C16H16ClN3O6S2/c1-26-16(21)12-10-11(20(22)23)2-3-13(12)18-6-8-19(9-7-18)28(24,25)15-5-4-14(17)27-15/h2-5,10H,6-9H2,1H3. The van der Waals surface area contributed by atoms with Crippen molar-refractivity contribution in [3.05, 3.63) is 50.3 Å². The lowest BCUT2D eigenvalue weighted by Gasteiger charge is -2.35. The summed E-state index contributed by atoms with van der Waals surface area (Å²) in [7, 11) is -2.44. The summed E-state index contributed by atoms with van der Waals surface area (Å²) in [6.07, 6.45) is 0. The molecule has 1 fully saturated rings. The van der Waals surface area contributed by atoms with Crippen LogP contribution in [0.25, 0.3) is 0 Å². The minimum atomic E-state index is -3.64. The molecule has 2 aromatic rings. The Kier molecular flexibility index (Phi) is 5.89. The molecule has 0 spiro atoms. The maximum absolute atomic E-state index is 12.7. The molecule has 1 aliphatic rings. The number of nitrogens with zero attached hydrogens (tertiary/aromatic N) is 3. The minimum Gasteiger partial charge on any atom is -0.465 e. The molecule has 9 nitrogen and oxygen atoms in total. The largest absolute Gasteiger partial charge is 0.465 e. The van der Waals surface area contributed by atoms with E-state index in [4.69, 9.17) is 16.3 Å². The van der Waals surface area contributed by atoms with E-state index >= 15 is 0 Å². The average molecular weight is 446 g/mol. The number of ether oxygens (including phenoxy) is 1. The van der Waals surface area contributed by atoms with Gasteiger partial charge in [-0.15, -0.1) is 11.3 Å². The number of carbonyl (C=O) groups excluding carboxylic acids is 1. The number of halogens is 1. The van der Waals surface area contributed by atoms with Crippen LogP contribution in [0.4, 0.5) is 11.4 Å². The third kappa shape index (κ3) is 3.97. The first-order chi connectivity index (χ1) is 13.2. The van der Waals surface area contributed by atoms with Gasteiger partial charge in [0.25, 0.3) is 15.7 Å². The normalized spacial score (nSPS) is 15.4. The van der Waals surface area contributed by atoms with Crippen LogP contribution in [0.1, 0.15) is 10.4 Å². The van der Waals surface area contributed by atoms with Crippen molar-refractivity contribution in [2.45, 2.75) is 4.21 Å². The lowest BCUT2D eigenvalue weighted by atomic mass is 10.1. The van der Waals surface area contributed by atoms with Crippen molar-refractivity contribution in [1.82, 2.24) is 4.31 Å². The number of non-ortho nitro benzene ring substituents is 1. The summed E-state index contributed by atoms with van der Waals surface area (Å²) in [5, 5.41) is 11.0. The molecule has 3 rings (SSSR count). The number of hydrogen-bond donors (Lipinski definition) is 0. The van der Waals surface area contributed by atoms with Gasteiger partial charge in [-0.05, 0) is 18.2 Å². The molecule has 1 saturated heterocycles. The van der Waals surface area contributed by atoms with E-state index in [1.807, 2.05) is 4.90 Å². The molecular formula is C16H16ClN3O6S2. The summed E-state index contributed by atoms with van der Waals surface area (Å²) < 4.78 is 32.0. The van der Waals surface area contributed by atoms with Crippen LogP contribution in [-0.2, 0) is 14.8 Å². The van der Waals surface area contributed by atoms with Crippen LogP contribution in [0, 0.1) is 10.1 Å². The highest BCUT2D eigenvalue weighted by molar-refractivity contribution is 7.91. The number of anilines is 1. The van der Waals surface area contributed by atoms with Crippen LogP contribution >= 0.6 is 22.9 Å². The van der Waals surface area contributed by atoms with Crippen molar-refractivity contribution >= 4 is 50.3 Å². The van der Waals surface area contributed by atoms with Gasteiger partial charge in [0.05, 0.1) is 27.6 Å².